The highest BCUT2D eigenvalue weighted by Gasteiger charge is 2.36. The molecule has 0 radical (unpaired) electrons. The zero-order valence-corrected chi connectivity index (χ0v) is 12.7. The monoisotopic (exact) mass is 297 g/mol. The molecule has 1 fully saturated rings. The van der Waals surface area contributed by atoms with Crippen molar-refractivity contribution in [2.24, 2.45) is 0 Å². The summed E-state index contributed by atoms with van der Waals surface area (Å²) in [6, 6.07) is 5.90. The Labute approximate surface area is 119 Å². The van der Waals surface area contributed by atoms with E-state index in [0.717, 1.165) is 12.7 Å². The van der Waals surface area contributed by atoms with Gasteiger partial charge in [-0.15, -0.1) is 0 Å². The number of carbonyl (C=O) groups excluding carboxylic acids is 1. The minimum absolute atomic E-state index is 0.0374. The van der Waals surface area contributed by atoms with E-state index in [4.69, 9.17) is 4.74 Å². The van der Waals surface area contributed by atoms with E-state index in [2.05, 4.69) is 5.32 Å². The summed E-state index contributed by atoms with van der Waals surface area (Å²) < 4.78 is 28.3. The Bertz CT molecular complexity index is 605. The Morgan fingerprint density at radius 2 is 1.90 bits per heavy atom. The fraction of sp³-hybridized carbons (Fsp3) is 0.500. The molecule has 0 aromatic heterocycles. The van der Waals surface area contributed by atoms with E-state index in [1.165, 1.54) is 24.3 Å². The summed E-state index contributed by atoms with van der Waals surface area (Å²) in [5.74, 6) is -0.214. The van der Waals surface area contributed by atoms with Crippen molar-refractivity contribution in [1.29, 1.82) is 0 Å². The number of amides is 1. The molecule has 1 amide bonds. The van der Waals surface area contributed by atoms with Crippen LogP contribution in [0.3, 0.4) is 0 Å². The molecule has 1 aliphatic rings. The van der Waals surface area contributed by atoms with Gasteiger partial charge < -0.3 is 10.1 Å². The highest BCUT2D eigenvalue weighted by molar-refractivity contribution is 7.90. The van der Waals surface area contributed by atoms with Gasteiger partial charge in [0.15, 0.2) is 9.84 Å². The number of hydrogen-bond donors (Lipinski definition) is 1. The lowest BCUT2D eigenvalue weighted by Gasteiger charge is -2.26. The second kappa shape index (κ2) is 5.18. The van der Waals surface area contributed by atoms with Crippen LogP contribution in [-0.2, 0) is 14.6 Å². The summed E-state index contributed by atoms with van der Waals surface area (Å²) in [4.78, 5) is 12.3. The molecule has 1 heterocycles. The summed E-state index contributed by atoms with van der Waals surface area (Å²) in [5, 5.41) is 2.93. The second-order valence-electron chi connectivity index (χ2n) is 5.56. The SMILES string of the molecule is CC1(C)OCCC1NC(=O)c1ccc(S(C)(=O)=O)cc1. The van der Waals surface area contributed by atoms with Crippen LogP contribution in [0.25, 0.3) is 0 Å². The van der Waals surface area contributed by atoms with Gasteiger partial charge in [0, 0.05) is 18.4 Å². The molecule has 6 heteroatoms. The average molecular weight is 297 g/mol. The maximum absolute atomic E-state index is 12.1. The molecule has 1 aromatic rings. The van der Waals surface area contributed by atoms with E-state index < -0.39 is 9.84 Å². The van der Waals surface area contributed by atoms with Crippen LogP contribution in [0.4, 0.5) is 0 Å². The van der Waals surface area contributed by atoms with Crippen LogP contribution < -0.4 is 5.32 Å². The number of sulfone groups is 1. The van der Waals surface area contributed by atoms with Crippen molar-refractivity contribution in [3.63, 3.8) is 0 Å². The summed E-state index contributed by atoms with van der Waals surface area (Å²) in [6.07, 6.45) is 1.92. The Morgan fingerprint density at radius 1 is 1.30 bits per heavy atom. The Hall–Kier alpha value is -1.40. The van der Waals surface area contributed by atoms with E-state index in [9.17, 15) is 13.2 Å². The molecule has 1 atom stereocenters. The molecule has 0 spiro atoms. The first-order valence-electron chi connectivity index (χ1n) is 6.45. The number of nitrogens with one attached hydrogen (secondary N) is 1. The maximum Gasteiger partial charge on any atom is 0.251 e. The number of rotatable bonds is 3. The third kappa shape index (κ3) is 3.19. The summed E-state index contributed by atoms with van der Waals surface area (Å²) in [7, 11) is -3.24. The number of ether oxygens (including phenoxy) is 1. The Morgan fingerprint density at radius 3 is 2.35 bits per heavy atom. The van der Waals surface area contributed by atoms with Crippen molar-refractivity contribution in [1.82, 2.24) is 5.32 Å². The van der Waals surface area contributed by atoms with Gasteiger partial charge in [0.25, 0.3) is 5.91 Å². The molecule has 0 aliphatic carbocycles. The number of benzene rings is 1. The first-order valence-corrected chi connectivity index (χ1v) is 8.34. The molecule has 20 heavy (non-hydrogen) atoms. The first-order chi connectivity index (χ1) is 9.20. The van der Waals surface area contributed by atoms with Gasteiger partial charge in [-0.25, -0.2) is 8.42 Å². The molecule has 1 saturated heterocycles. The fourth-order valence-electron chi connectivity index (χ4n) is 2.23. The maximum atomic E-state index is 12.1. The molecule has 110 valence electrons. The lowest BCUT2D eigenvalue weighted by molar-refractivity contribution is 0.0213. The van der Waals surface area contributed by atoms with Crippen LogP contribution in [0.2, 0.25) is 0 Å². The summed E-state index contributed by atoms with van der Waals surface area (Å²) in [5.41, 5.74) is 0.0719. The van der Waals surface area contributed by atoms with Crippen LogP contribution in [0.15, 0.2) is 29.2 Å². The quantitative estimate of drug-likeness (QED) is 0.915. The predicted molar refractivity (Wildman–Crippen MR) is 75.5 cm³/mol. The van der Waals surface area contributed by atoms with Gasteiger partial charge in [-0.2, -0.15) is 0 Å². The molecule has 1 aliphatic heterocycles. The van der Waals surface area contributed by atoms with E-state index in [1.54, 1.807) is 0 Å². The highest BCUT2D eigenvalue weighted by atomic mass is 32.2. The van der Waals surface area contributed by atoms with Crippen molar-refractivity contribution >= 4 is 15.7 Å². The minimum atomic E-state index is -3.24. The average Bonchev–Trinajstić information content (AvgIpc) is 2.68. The highest BCUT2D eigenvalue weighted by Crippen LogP contribution is 2.25. The van der Waals surface area contributed by atoms with Crippen LogP contribution in [0.5, 0.6) is 0 Å². The number of carbonyl (C=O) groups is 1. The van der Waals surface area contributed by atoms with Gasteiger partial charge in [-0.3, -0.25) is 4.79 Å². The molecule has 1 aromatic carbocycles. The molecular formula is C14H19NO4S. The lowest BCUT2D eigenvalue weighted by atomic mass is 9.98. The van der Waals surface area contributed by atoms with Gasteiger partial charge in [-0.05, 0) is 44.5 Å². The van der Waals surface area contributed by atoms with E-state index in [0.29, 0.717) is 12.2 Å². The van der Waals surface area contributed by atoms with Gasteiger partial charge in [0.2, 0.25) is 0 Å². The molecule has 5 nitrogen and oxygen atoms in total. The van der Waals surface area contributed by atoms with Crippen molar-refractivity contribution in [3.05, 3.63) is 29.8 Å². The molecule has 2 rings (SSSR count). The summed E-state index contributed by atoms with van der Waals surface area (Å²) >= 11 is 0. The van der Waals surface area contributed by atoms with Gasteiger partial charge >= 0.3 is 0 Å². The van der Waals surface area contributed by atoms with Gasteiger partial charge in [0.05, 0.1) is 16.5 Å². The third-order valence-electron chi connectivity index (χ3n) is 3.57. The van der Waals surface area contributed by atoms with Gasteiger partial charge in [0.1, 0.15) is 0 Å². The normalized spacial score (nSPS) is 21.6. The minimum Gasteiger partial charge on any atom is -0.373 e. The zero-order valence-electron chi connectivity index (χ0n) is 11.8. The largest absolute Gasteiger partial charge is 0.373 e. The van der Waals surface area contributed by atoms with Crippen LogP contribution in [-0.4, -0.2) is 38.8 Å². The first kappa shape index (κ1) is 15.0. The van der Waals surface area contributed by atoms with Crippen LogP contribution in [0, 0.1) is 0 Å². The molecule has 1 N–H and O–H groups in total. The third-order valence-corrected chi connectivity index (χ3v) is 4.70. The van der Waals surface area contributed by atoms with E-state index >= 15 is 0 Å². The lowest BCUT2D eigenvalue weighted by Crippen LogP contribution is -2.46. The molecule has 0 saturated carbocycles. The second-order valence-corrected chi connectivity index (χ2v) is 7.58. The molecule has 0 bridgehead atoms. The Kier molecular flexibility index (Phi) is 3.88. The fourth-order valence-corrected chi connectivity index (χ4v) is 2.86. The van der Waals surface area contributed by atoms with Crippen molar-refractivity contribution in [2.45, 2.75) is 36.8 Å². The van der Waals surface area contributed by atoms with Crippen molar-refractivity contribution in [3.8, 4) is 0 Å². The smallest absolute Gasteiger partial charge is 0.251 e. The molecular weight excluding hydrogens is 278 g/mol. The predicted octanol–water partition coefficient (Wildman–Crippen LogP) is 1.39. The zero-order chi connectivity index (χ0) is 15.0. The van der Waals surface area contributed by atoms with Crippen molar-refractivity contribution < 1.29 is 17.9 Å². The van der Waals surface area contributed by atoms with E-state index in [1.807, 2.05) is 13.8 Å². The van der Waals surface area contributed by atoms with E-state index in [-0.39, 0.29) is 22.4 Å². The standard InChI is InChI=1S/C14H19NO4S/c1-14(2)12(8-9-19-14)15-13(16)10-4-6-11(7-5-10)20(3,17)18/h4-7,12H,8-9H2,1-3H3,(H,15,16). The number of hydrogen-bond acceptors (Lipinski definition) is 4. The Balaban J connectivity index is 2.10. The van der Waals surface area contributed by atoms with Crippen LogP contribution >= 0.6 is 0 Å². The molecule has 1 unspecified atom stereocenters. The topological polar surface area (TPSA) is 72.5 Å². The van der Waals surface area contributed by atoms with Gasteiger partial charge in [-0.1, -0.05) is 0 Å². The summed E-state index contributed by atoms with van der Waals surface area (Å²) in [6.45, 7) is 4.51. The van der Waals surface area contributed by atoms with Crippen molar-refractivity contribution in [2.75, 3.05) is 12.9 Å². The van der Waals surface area contributed by atoms with Crippen LogP contribution in [0.1, 0.15) is 30.6 Å².